The van der Waals surface area contributed by atoms with E-state index in [0.29, 0.717) is 0 Å². The molecule has 0 bridgehead atoms. The molecule has 0 radical (unpaired) electrons. The third kappa shape index (κ3) is 5.91. The number of hydrogen-bond donors (Lipinski definition) is 2. The number of rotatable bonds is 4. The zero-order valence-corrected chi connectivity index (χ0v) is 14.4. The predicted molar refractivity (Wildman–Crippen MR) is 83.0 cm³/mol. The van der Waals surface area contributed by atoms with Gasteiger partial charge in [0.15, 0.2) is 0 Å². The minimum Gasteiger partial charge on any atom is -0.311 e. The molecule has 0 fully saturated rings. The lowest BCUT2D eigenvalue weighted by Gasteiger charge is -2.22. The van der Waals surface area contributed by atoms with E-state index in [2.05, 4.69) is 15.0 Å². The Morgan fingerprint density at radius 3 is 2.26 bits per heavy atom. The highest BCUT2D eigenvalue weighted by molar-refractivity contribution is 7.84. The standard InChI is InChI=1S/C14H20F3N3O2S/c1-8(20-23(22)13(3,4)5)11-6-10(14(15,16)17)7-12(19-11)18-9(2)21/h6-8,20H,1-5H3,(H,18,19,21)/t8-,23?/m1/s1. The van der Waals surface area contributed by atoms with Crippen molar-refractivity contribution in [2.24, 2.45) is 0 Å². The Hall–Kier alpha value is -1.48. The molecule has 0 spiro atoms. The van der Waals surface area contributed by atoms with E-state index in [1.807, 2.05) is 0 Å². The highest BCUT2D eigenvalue weighted by atomic mass is 32.2. The molecule has 1 aromatic rings. The first-order chi connectivity index (χ1) is 10.3. The van der Waals surface area contributed by atoms with Gasteiger partial charge in [0, 0.05) is 6.92 Å². The van der Waals surface area contributed by atoms with Gasteiger partial charge in [-0.1, -0.05) is 0 Å². The number of carbonyl (C=O) groups is 1. The number of pyridine rings is 1. The first-order valence-corrected chi connectivity index (χ1v) is 8.00. The summed E-state index contributed by atoms with van der Waals surface area (Å²) in [5, 5.41) is 2.24. The number of alkyl halides is 3. The van der Waals surface area contributed by atoms with Crippen LogP contribution in [0.5, 0.6) is 0 Å². The average molecular weight is 351 g/mol. The highest BCUT2D eigenvalue weighted by Crippen LogP contribution is 2.32. The number of aromatic nitrogens is 1. The van der Waals surface area contributed by atoms with Crippen molar-refractivity contribution in [1.29, 1.82) is 0 Å². The number of nitrogens with zero attached hydrogens (tertiary/aromatic N) is 1. The number of nitrogens with one attached hydrogen (secondary N) is 2. The fourth-order valence-electron chi connectivity index (χ4n) is 1.58. The maximum absolute atomic E-state index is 13.0. The predicted octanol–water partition coefficient (Wildman–Crippen LogP) is 3.17. The monoisotopic (exact) mass is 351 g/mol. The van der Waals surface area contributed by atoms with Crippen LogP contribution < -0.4 is 10.0 Å². The van der Waals surface area contributed by atoms with Crippen LogP contribution in [0.4, 0.5) is 19.0 Å². The van der Waals surface area contributed by atoms with Crippen LogP contribution in [-0.4, -0.2) is 19.8 Å². The summed E-state index contributed by atoms with van der Waals surface area (Å²) in [7, 11) is -1.47. The highest BCUT2D eigenvalue weighted by Gasteiger charge is 2.32. The van der Waals surface area contributed by atoms with Gasteiger partial charge in [0.1, 0.15) is 5.82 Å². The molecule has 1 aromatic heterocycles. The van der Waals surface area contributed by atoms with Gasteiger partial charge in [-0.05, 0) is 39.8 Å². The summed E-state index contributed by atoms with van der Waals surface area (Å²) in [5.74, 6) is -0.723. The van der Waals surface area contributed by atoms with Gasteiger partial charge in [0.05, 0.1) is 33.0 Å². The van der Waals surface area contributed by atoms with E-state index in [1.54, 1.807) is 27.7 Å². The molecule has 23 heavy (non-hydrogen) atoms. The zero-order chi connectivity index (χ0) is 18.0. The molecule has 1 amide bonds. The molecule has 130 valence electrons. The lowest BCUT2D eigenvalue weighted by Crippen LogP contribution is -2.35. The summed E-state index contributed by atoms with van der Waals surface area (Å²) in [6.07, 6.45) is -4.58. The number of carbonyl (C=O) groups excluding carboxylic acids is 1. The van der Waals surface area contributed by atoms with Crippen LogP contribution >= 0.6 is 0 Å². The average Bonchev–Trinajstić information content (AvgIpc) is 2.35. The van der Waals surface area contributed by atoms with E-state index in [9.17, 15) is 22.2 Å². The first-order valence-electron chi connectivity index (χ1n) is 6.85. The summed E-state index contributed by atoms with van der Waals surface area (Å²) >= 11 is 0. The molecule has 0 aromatic carbocycles. The Kier molecular flexibility index (Phi) is 5.92. The Labute approximate surface area is 135 Å². The third-order valence-electron chi connectivity index (χ3n) is 2.76. The molecule has 2 N–H and O–H groups in total. The number of anilines is 1. The second kappa shape index (κ2) is 6.96. The maximum Gasteiger partial charge on any atom is 0.416 e. The first kappa shape index (κ1) is 19.6. The van der Waals surface area contributed by atoms with Gasteiger partial charge < -0.3 is 5.32 Å². The summed E-state index contributed by atoms with van der Waals surface area (Å²) in [4.78, 5) is 15.1. The molecule has 2 atom stereocenters. The van der Waals surface area contributed by atoms with Crippen molar-refractivity contribution < 1.29 is 22.2 Å². The fraction of sp³-hybridized carbons (Fsp3) is 0.571. The smallest absolute Gasteiger partial charge is 0.311 e. The van der Waals surface area contributed by atoms with Crippen molar-refractivity contribution in [3.05, 3.63) is 23.4 Å². The number of amides is 1. The SMILES string of the molecule is CC(=O)Nc1cc(C(F)(F)F)cc([C@@H](C)NS(=O)C(C)(C)C)n1. The zero-order valence-electron chi connectivity index (χ0n) is 13.5. The Balaban J connectivity index is 3.18. The molecule has 0 saturated carbocycles. The van der Waals surface area contributed by atoms with Gasteiger partial charge in [-0.2, -0.15) is 13.2 Å². The minimum absolute atomic E-state index is 0.0428. The van der Waals surface area contributed by atoms with E-state index >= 15 is 0 Å². The Morgan fingerprint density at radius 2 is 1.83 bits per heavy atom. The Morgan fingerprint density at radius 1 is 1.26 bits per heavy atom. The van der Waals surface area contributed by atoms with Gasteiger partial charge in [-0.25, -0.2) is 13.9 Å². The van der Waals surface area contributed by atoms with Crippen molar-refractivity contribution in [1.82, 2.24) is 9.71 Å². The molecule has 0 aliphatic heterocycles. The molecule has 1 unspecified atom stereocenters. The molecule has 0 saturated heterocycles. The van der Waals surface area contributed by atoms with E-state index in [0.717, 1.165) is 12.1 Å². The third-order valence-corrected chi connectivity index (χ3v) is 4.44. The van der Waals surface area contributed by atoms with Crippen LogP contribution in [0.3, 0.4) is 0 Å². The van der Waals surface area contributed by atoms with Crippen LogP contribution in [0, 0.1) is 0 Å². The molecule has 0 aliphatic carbocycles. The lowest BCUT2D eigenvalue weighted by atomic mass is 10.1. The van der Waals surface area contributed by atoms with E-state index in [1.165, 1.54) is 6.92 Å². The van der Waals surface area contributed by atoms with Gasteiger partial charge in [-0.3, -0.25) is 4.79 Å². The van der Waals surface area contributed by atoms with Gasteiger partial charge >= 0.3 is 6.18 Å². The molecule has 1 heterocycles. The van der Waals surface area contributed by atoms with Crippen LogP contribution in [0.2, 0.25) is 0 Å². The van der Waals surface area contributed by atoms with E-state index < -0.39 is 39.4 Å². The molecule has 9 heteroatoms. The van der Waals surface area contributed by atoms with Gasteiger partial charge in [0.2, 0.25) is 5.91 Å². The van der Waals surface area contributed by atoms with Gasteiger partial charge in [0.25, 0.3) is 0 Å². The van der Waals surface area contributed by atoms with Crippen molar-refractivity contribution in [3.8, 4) is 0 Å². The molecule has 5 nitrogen and oxygen atoms in total. The normalized spacial score (nSPS) is 15.1. The Bertz CT molecular complexity index is 612. The van der Waals surface area contributed by atoms with Crippen molar-refractivity contribution in [2.75, 3.05) is 5.32 Å². The summed E-state index contributed by atoms with van der Waals surface area (Å²) in [5.41, 5.74) is -0.886. The number of hydrogen-bond acceptors (Lipinski definition) is 3. The van der Waals surface area contributed by atoms with Crippen molar-refractivity contribution >= 4 is 22.7 Å². The topological polar surface area (TPSA) is 71.1 Å². The van der Waals surface area contributed by atoms with Crippen LogP contribution in [-0.2, 0) is 22.0 Å². The van der Waals surface area contributed by atoms with Crippen LogP contribution in [0.25, 0.3) is 0 Å². The molecular formula is C14H20F3N3O2S. The summed E-state index contributed by atoms with van der Waals surface area (Å²) < 4.78 is 53.2. The van der Waals surface area contributed by atoms with Crippen LogP contribution in [0.15, 0.2) is 12.1 Å². The number of halogens is 3. The van der Waals surface area contributed by atoms with Crippen LogP contribution in [0.1, 0.15) is 51.9 Å². The minimum atomic E-state index is -4.58. The fourth-order valence-corrected chi connectivity index (χ4v) is 2.37. The lowest BCUT2D eigenvalue weighted by molar-refractivity contribution is -0.137. The van der Waals surface area contributed by atoms with E-state index in [4.69, 9.17) is 0 Å². The quantitative estimate of drug-likeness (QED) is 0.875. The second-order valence-electron chi connectivity index (χ2n) is 6.07. The summed E-state index contributed by atoms with van der Waals surface area (Å²) in [6, 6.07) is 0.950. The largest absolute Gasteiger partial charge is 0.416 e. The molecular weight excluding hydrogens is 331 g/mol. The molecule has 0 aliphatic rings. The summed E-state index contributed by atoms with van der Waals surface area (Å²) in [6.45, 7) is 7.96. The van der Waals surface area contributed by atoms with Gasteiger partial charge in [-0.15, -0.1) is 0 Å². The second-order valence-corrected chi connectivity index (χ2v) is 8.06. The van der Waals surface area contributed by atoms with Crippen molar-refractivity contribution in [2.45, 2.75) is 51.6 Å². The molecule has 1 rings (SSSR count). The van der Waals surface area contributed by atoms with Crippen molar-refractivity contribution in [3.63, 3.8) is 0 Å². The van der Waals surface area contributed by atoms with E-state index in [-0.39, 0.29) is 11.5 Å². The maximum atomic E-state index is 13.0.